The van der Waals surface area contributed by atoms with Crippen LogP contribution in [0, 0.1) is 5.92 Å². The summed E-state index contributed by atoms with van der Waals surface area (Å²) < 4.78 is 5.72. The van der Waals surface area contributed by atoms with E-state index in [4.69, 9.17) is 9.84 Å². The van der Waals surface area contributed by atoms with Crippen LogP contribution >= 0.6 is 0 Å². The van der Waals surface area contributed by atoms with Crippen LogP contribution in [0.2, 0.25) is 0 Å². The van der Waals surface area contributed by atoms with Gasteiger partial charge in [0.05, 0.1) is 6.10 Å². The Labute approximate surface area is 80.5 Å². The summed E-state index contributed by atoms with van der Waals surface area (Å²) in [4.78, 5) is 0. The van der Waals surface area contributed by atoms with E-state index in [2.05, 4.69) is 12.2 Å². The lowest BCUT2D eigenvalue weighted by Gasteiger charge is -2.29. The van der Waals surface area contributed by atoms with Gasteiger partial charge < -0.3 is 15.2 Å². The number of aliphatic hydroxyl groups excluding tert-OH is 1. The maximum absolute atomic E-state index is 8.59. The Morgan fingerprint density at radius 3 is 3.00 bits per heavy atom. The van der Waals surface area contributed by atoms with Crippen LogP contribution in [0.3, 0.4) is 0 Å². The second kappa shape index (κ2) is 6.35. The van der Waals surface area contributed by atoms with Crippen molar-refractivity contribution in [3.63, 3.8) is 0 Å². The largest absolute Gasteiger partial charge is 0.396 e. The van der Waals surface area contributed by atoms with Gasteiger partial charge in [-0.2, -0.15) is 0 Å². The van der Waals surface area contributed by atoms with Crippen molar-refractivity contribution in [1.29, 1.82) is 0 Å². The van der Waals surface area contributed by atoms with Crippen LogP contribution in [0.15, 0.2) is 0 Å². The maximum Gasteiger partial charge on any atom is 0.0725 e. The van der Waals surface area contributed by atoms with Crippen molar-refractivity contribution >= 4 is 0 Å². The van der Waals surface area contributed by atoms with Crippen LogP contribution in [-0.2, 0) is 4.74 Å². The van der Waals surface area contributed by atoms with Crippen LogP contribution in [0.5, 0.6) is 0 Å². The second-order valence-corrected chi connectivity index (χ2v) is 3.81. The van der Waals surface area contributed by atoms with Gasteiger partial charge in [-0.3, -0.25) is 0 Å². The molecule has 0 radical (unpaired) electrons. The zero-order valence-electron chi connectivity index (χ0n) is 8.46. The molecular formula is C10H21NO2. The van der Waals surface area contributed by atoms with Gasteiger partial charge in [-0.05, 0) is 31.7 Å². The van der Waals surface area contributed by atoms with Crippen LogP contribution in [-0.4, -0.2) is 37.5 Å². The van der Waals surface area contributed by atoms with E-state index in [1.807, 2.05) is 0 Å². The molecule has 0 bridgehead atoms. The van der Waals surface area contributed by atoms with Gasteiger partial charge >= 0.3 is 0 Å². The first-order chi connectivity index (χ1) is 6.34. The number of aliphatic hydroxyl groups is 1. The molecule has 0 aromatic rings. The highest BCUT2D eigenvalue weighted by atomic mass is 16.5. The van der Waals surface area contributed by atoms with Crippen molar-refractivity contribution in [1.82, 2.24) is 5.32 Å². The van der Waals surface area contributed by atoms with E-state index >= 15 is 0 Å². The first-order valence-electron chi connectivity index (χ1n) is 5.27. The van der Waals surface area contributed by atoms with Crippen LogP contribution < -0.4 is 5.32 Å². The van der Waals surface area contributed by atoms with Gasteiger partial charge in [0, 0.05) is 19.8 Å². The highest BCUT2D eigenvalue weighted by Gasteiger charge is 2.20. The number of ether oxygens (including phenoxy) is 1. The van der Waals surface area contributed by atoms with Crippen molar-refractivity contribution in [2.75, 3.05) is 26.3 Å². The van der Waals surface area contributed by atoms with Gasteiger partial charge in [0.2, 0.25) is 0 Å². The van der Waals surface area contributed by atoms with Gasteiger partial charge in [0.1, 0.15) is 0 Å². The molecule has 2 unspecified atom stereocenters. The van der Waals surface area contributed by atoms with E-state index < -0.39 is 0 Å². The minimum absolute atomic E-state index is 0.280. The second-order valence-electron chi connectivity index (χ2n) is 3.81. The van der Waals surface area contributed by atoms with E-state index in [0.717, 1.165) is 32.5 Å². The molecule has 0 amide bonds. The van der Waals surface area contributed by atoms with E-state index in [1.54, 1.807) is 0 Å². The molecule has 1 aliphatic heterocycles. The fraction of sp³-hybridized carbons (Fsp3) is 1.00. The van der Waals surface area contributed by atoms with Crippen molar-refractivity contribution in [2.24, 2.45) is 5.92 Å². The number of unbranched alkanes of at least 4 members (excludes halogenated alkanes) is 1. The standard InChI is InChI=1S/C10H21NO2/c1-9-4-5-11-8-10(9)13-7-3-2-6-12/h9-12H,2-8H2,1H3. The summed E-state index contributed by atoms with van der Waals surface area (Å²) in [5.74, 6) is 0.676. The summed E-state index contributed by atoms with van der Waals surface area (Å²) in [6, 6.07) is 0. The Balaban J connectivity index is 2.05. The summed E-state index contributed by atoms with van der Waals surface area (Å²) in [6.45, 7) is 5.43. The minimum atomic E-state index is 0.280. The molecule has 1 saturated heterocycles. The number of hydrogen-bond acceptors (Lipinski definition) is 3. The van der Waals surface area contributed by atoms with Gasteiger partial charge in [0.15, 0.2) is 0 Å². The molecule has 3 heteroatoms. The molecule has 0 aromatic carbocycles. The molecule has 0 aromatic heterocycles. The number of piperidine rings is 1. The Morgan fingerprint density at radius 1 is 1.46 bits per heavy atom. The molecular weight excluding hydrogens is 166 g/mol. The molecule has 0 saturated carbocycles. The Bertz CT molecular complexity index is 130. The van der Waals surface area contributed by atoms with E-state index in [0.29, 0.717) is 12.0 Å². The van der Waals surface area contributed by atoms with Crippen LogP contribution in [0.1, 0.15) is 26.2 Å². The fourth-order valence-electron chi connectivity index (χ4n) is 1.63. The molecule has 2 N–H and O–H groups in total. The molecule has 1 rings (SSSR count). The summed E-state index contributed by atoms with van der Waals surface area (Å²) >= 11 is 0. The summed E-state index contributed by atoms with van der Waals surface area (Å²) in [5, 5.41) is 11.9. The SMILES string of the molecule is CC1CCNCC1OCCCCO. The Morgan fingerprint density at radius 2 is 2.31 bits per heavy atom. The lowest BCUT2D eigenvalue weighted by molar-refractivity contribution is 0.00137. The fourth-order valence-corrected chi connectivity index (χ4v) is 1.63. The molecule has 0 aliphatic carbocycles. The molecule has 3 nitrogen and oxygen atoms in total. The van der Waals surface area contributed by atoms with Crippen molar-refractivity contribution < 1.29 is 9.84 Å². The highest BCUT2D eigenvalue weighted by Crippen LogP contribution is 2.14. The first kappa shape index (κ1) is 11.0. The van der Waals surface area contributed by atoms with Crippen LogP contribution in [0.4, 0.5) is 0 Å². The number of rotatable bonds is 5. The summed E-state index contributed by atoms with van der Waals surface area (Å²) in [7, 11) is 0. The van der Waals surface area contributed by atoms with Crippen molar-refractivity contribution in [3.8, 4) is 0 Å². The van der Waals surface area contributed by atoms with Crippen LogP contribution in [0.25, 0.3) is 0 Å². The predicted molar refractivity (Wildman–Crippen MR) is 52.7 cm³/mol. The van der Waals surface area contributed by atoms with Crippen molar-refractivity contribution in [2.45, 2.75) is 32.3 Å². The molecule has 78 valence electrons. The quantitative estimate of drug-likeness (QED) is 0.625. The Hall–Kier alpha value is -0.120. The maximum atomic E-state index is 8.59. The molecule has 13 heavy (non-hydrogen) atoms. The number of nitrogens with one attached hydrogen (secondary N) is 1. The molecule has 1 fully saturated rings. The monoisotopic (exact) mass is 187 g/mol. The predicted octanol–water partition coefficient (Wildman–Crippen LogP) is 0.773. The third-order valence-corrected chi connectivity index (χ3v) is 2.64. The third-order valence-electron chi connectivity index (χ3n) is 2.64. The van der Waals surface area contributed by atoms with E-state index in [1.165, 1.54) is 6.42 Å². The van der Waals surface area contributed by atoms with E-state index in [-0.39, 0.29) is 6.61 Å². The zero-order chi connectivity index (χ0) is 9.52. The lowest BCUT2D eigenvalue weighted by Crippen LogP contribution is -2.41. The molecule has 2 atom stereocenters. The zero-order valence-corrected chi connectivity index (χ0v) is 8.46. The van der Waals surface area contributed by atoms with Crippen molar-refractivity contribution in [3.05, 3.63) is 0 Å². The average molecular weight is 187 g/mol. The highest BCUT2D eigenvalue weighted by molar-refractivity contribution is 4.75. The topological polar surface area (TPSA) is 41.5 Å². The summed E-state index contributed by atoms with van der Waals surface area (Å²) in [6.07, 6.45) is 3.42. The molecule has 1 aliphatic rings. The first-order valence-corrected chi connectivity index (χ1v) is 5.27. The van der Waals surface area contributed by atoms with Gasteiger partial charge in [-0.15, -0.1) is 0 Å². The molecule has 0 spiro atoms. The van der Waals surface area contributed by atoms with Gasteiger partial charge in [-0.1, -0.05) is 6.92 Å². The number of hydrogen-bond donors (Lipinski definition) is 2. The summed E-state index contributed by atoms with van der Waals surface area (Å²) in [5.41, 5.74) is 0. The lowest BCUT2D eigenvalue weighted by atomic mass is 9.97. The third kappa shape index (κ3) is 4.07. The minimum Gasteiger partial charge on any atom is -0.396 e. The smallest absolute Gasteiger partial charge is 0.0725 e. The Kier molecular flexibility index (Phi) is 5.35. The van der Waals surface area contributed by atoms with Gasteiger partial charge in [-0.25, -0.2) is 0 Å². The normalized spacial score (nSPS) is 29.1. The van der Waals surface area contributed by atoms with Gasteiger partial charge in [0.25, 0.3) is 0 Å². The van der Waals surface area contributed by atoms with E-state index in [9.17, 15) is 0 Å². The molecule has 1 heterocycles. The average Bonchev–Trinajstić information content (AvgIpc) is 2.15.